The fourth-order valence-electron chi connectivity index (χ4n) is 2.42. The number of hydrogen-bond donors (Lipinski definition) is 1. The summed E-state index contributed by atoms with van der Waals surface area (Å²) in [6.45, 7) is 4.16. The Morgan fingerprint density at radius 1 is 1.69 bits per heavy atom. The maximum Gasteiger partial charge on any atom is 0.410 e. The number of carbonyl (C=O) groups excluding carboxylic acids is 1. The van der Waals surface area contributed by atoms with E-state index >= 15 is 0 Å². The van der Waals surface area contributed by atoms with Gasteiger partial charge in [0.1, 0.15) is 0 Å². The molecular weight excluding hydrogens is 170 g/mol. The van der Waals surface area contributed by atoms with Crippen molar-refractivity contribution in [1.29, 1.82) is 0 Å². The highest BCUT2D eigenvalue weighted by atomic mass is 16.6. The summed E-state index contributed by atoms with van der Waals surface area (Å²) in [6, 6.07) is 0.151. The van der Waals surface area contributed by atoms with Crippen molar-refractivity contribution >= 4 is 6.09 Å². The van der Waals surface area contributed by atoms with E-state index < -0.39 is 0 Å². The zero-order valence-corrected chi connectivity index (χ0v) is 7.93. The molecule has 2 bridgehead atoms. The molecule has 2 heterocycles. The van der Waals surface area contributed by atoms with Gasteiger partial charge in [-0.25, -0.2) is 4.79 Å². The van der Waals surface area contributed by atoms with E-state index in [0.29, 0.717) is 6.61 Å². The highest BCUT2D eigenvalue weighted by Crippen LogP contribution is 2.45. The van der Waals surface area contributed by atoms with Gasteiger partial charge in [0.2, 0.25) is 0 Å². The first-order chi connectivity index (χ1) is 6.16. The molecule has 74 valence electrons. The van der Waals surface area contributed by atoms with Crippen LogP contribution >= 0.6 is 0 Å². The Morgan fingerprint density at radius 2 is 2.38 bits per heavy atom. The lowest BCUT2D eigenvalue weighted by Gasteiger charge is -2.31. The van der Waals surface area contributed by atoms with Crippen molar-refractivity contribution in [3.8, 4) is 0 Å². The Hall–Kier alpha value is -0.770. The summed E-state index contributed by atoms with van der Waals surface area (Å²) < 4.78 is 4.92. The van der Waals surface area contributed by atoms with E-state index in [0.717, 1.165) is 6.42 Å². The standard InChI is InChI=1S/C9H15NO3/c1-3-13-9(12)10-5(2)6-4-7(10)8(6)11/h5-8,11H,3-4H2,1-2H3/t5-,6-,7-,8-/m0/s1. The predicted molar refractivity (Wildman–Crippen MR) is 46.2 cm³/mol. The van der Waals surface area contributed by atoms with E-state index in [1.165, 1.54) is 0 Å². The molecule has 4 nitrogen and oxygen atoms in total. The third-order valence-corrected chi connectivity index (χ3v) is 3.24. The van der Waals surface area contributed by atoms with Gasteiger partial charge in [-0.1, -0.05) is 0 Å². The van der Waals surface area contributed by atoms with Crippen molar-refractivity contribution in [1.82, 2.24) is 4.90 Å². The molecule has 3 aliphatic rings. The van der Waals surface area contributed by atoms with Crippen molar-refractivity contribution < 1.29 is 14.6 Å². The van der Waals surface area contributed by atoms with Crippen LogP contribution in [0, 0.1) is 5.92 Å². The van der Waals surface area contributed by atoms with E-state index in [2.05, 4.69) is 0 Å². The Morgan fingerprint density at radius 3 is 2.77 bits per heavy atom. The number of hydrogen-bond acceptors (Lipinski definition) is 3. The third kappa shape index (κ3) is 1.05. The molecule has 4 heteroatoms. The molecule has 2 saturated heterocycles. The number of rotatable bonds is 1. The van der Waals surface area contributed by atoms with Crippen molar-refractivity contribution in [3.05, 3.63) is 0 Å². The minimum Gasteiger partial charge on any atom is -0.450 e. The van der Waals surface area contributed by atoms with Crippen LogP contribution < -0.4 is 0 Å². The van der Waals surface area contributed by atoms with Crippen LogP contribution in [-0.4, -0.2) is 40.9 Å². The summed E-state index contributed by atoms with van der Waals surface area (Å²) in [5.41, 5.74) is 0. The lowest BCUT2D eigenvalue weighted by atomic mass is 9.80. The molecule has 0 unspecified atom stereocenters. The van der Waals surface area contributed by atoms with Crippen LogP contribution in [0.4, 0.5) is 4.79 Å². The molecule has 3 rings (SSSR count). The number of amides is 1. The maximum atomic E-state index is 11.4. The number of ether oxygens (including phenoxy) is 1. The topological polar surface area (TPSA) is 49.8 Å². The molecule has 13 heavy (non-hydrogen) atoms. The van der Waals surface area contributed by atoms with Crippen LogP contribution in [0.3, 0.4) is 0 Å². The van der Waals surface area contributed by atoms with Gasteiger partial charge in [0.15, 0.2) is 0 Å². The molecule has 0 aromatic rings. The van der Waals surface area contributed by atoms with Gasteiger partial charge in [0.05, 0.1) is 18.8 Å². The number of aliphatic hydroxyl groups excluding tert-OH is 1. The molecule has 0 aromatic heterocycles. The summed E-state index contributed by atoms with van der Waals surface area (Å²) in [5, 5.41) is 9.56. The molecule has 4 atom stereocenters. The lowest BCUT2D eigenvalue weighted by molar-refractivity contribution is 0.0191. The Bertz CT molecular complexity index is 229. The molecule has 1 N–H and O–H groups in total. The van der Waals surface area contributed by atoms with Crippen molar-refractivity contribution in [3.63, 3.8) is 0 Å². The molecule has 1 aliphatic carbocycles. The second kappa shape index (κ2) is 2.87. The molecule has 1 saturated carbocycles. The van der Waals surface area contributed by atoms with Crippen molar-refractivity contribution in [2.24, 2.45) is 5.92 Å². The molecule has 1 amide bonds. The maximum absolute atomic E-state index is 11.4. The Balaban J connectivity index is 2.05. The van der Waals surface area contributed by atoms with E-state index in [-0.39, 0.29) is 30.2 Å². The van der Waals surface area contributed by atoms with Gasteiger partial charge in [0.25, 0.3) is 0 Å². The predicted octanol–water partition coefficient (Wildman–Crippen LogP) is 0.596. The second-order valence-corrected chi connectivity index (χ2v) is 3.80. The SMILES string of the molecule is CCOC(=O)N1[C@@H](C)[C@@H]2C[C@H]1[C@H]2O. The van der Waals surface area contributed by atoms with Gasteiger partial charge in [-0.15, -0.1) is 0 Å². The fraction of sp³-hybridized carbons (Fsp3) is 0.889. The van der Waals surface area contributed by atoms with Crippen LogP contribution in [0.5, 0.6) is 0 Å². The average Bonchev–Trinajstić information content (AvgIpc) is 2.54. The Kier molecular flexibility index (Phi) is 1.95. The number of fused-ring (bicyclic) bond motifs is 1. The fourth-order valence-corrected chi connectivity index (χ4v) is 2.42. The molecule has 2 aliphatic heterocycles. The van der Waals surface area contributed by atoms with E-state index in [4.69, 9.17) is 4.74 Å². The minimum atomic E-state index is -0.320. The molecule has 0 aromatic carbocycles. The number of nitrogens with zero attached hydrogens (tertiary/aromatic N) is 1. The average molecular weight is 185 g/mol. The van der Waals surface area contributed by atoms with Gasteiger partial charge < -0.3 is 9.84 Å². The largest absolute Gasteiger partial charge is 0.450 e. The minimum absolute atomic E-state index is 0.0130. The van der Waals surface area contributed by atoms with Crippen LogP contribution in [0.1, 0.15) is 20.3 Å². The molecular formula is C9H15NO3. The van der Waals surface area contributed by atoms with Crippen LogP contribution in [0.15, 0.2) is 0 Å². The molecule has 3 fully saturated rings. The van der Waals surface area contributed by atoms with Crippen molar-refractivity contribution in [2.75, 3.05) is 6.61 Å². The van der Waals surface area contributed by atoms with Gasteiger partial charge in [-0.05, 0) is 20.3 Å². The summed E-state index contributed by atoms with van der Waals surface area (Å²) in [5.74, 6) is 0.273. The molecule has 0 spiro atoms. The van der Waals surface area contributed by atoms with Crippen LogP contribution in [0.25, 0.3) is 0 Å². The van der Waals surface area contributed by atoms with Gasteiger partial charge in [0, 0.05) is 12.0 Å². The zero-order valence-electron chi connectivity index (χ0n) is 7.93. The first-order valence-electron chi connectivity index (χ1n) is 4.80. The lowest BCUT2D eigenvalue weighted by Crippen LogP contribution is -2.45. The van der Waals surface area contributed by atoms with Gasteiger partial charge in [-0.2, -0.15) is 0 Å². The smallest absolute Gasteiger partial charge is 0.410 e. The summed E-state index contributed by atoms with van der Waals surface area (Å²) in [4.78, 5) is 13.1. The Labute approximate surface area is 77.5 Å². The van der Waals surface area contributed by atoms with Gasteiger partial charge >= 0.3 is 6.09 Å². The normalized spacial score (nSPS) is 41.6. The number of carbonyl (C=O) groups is 1. The van der Waals surface area contributed by atoms with Crippen LogP contribution in [-0.2, 0) is 4.74 Å². The monoisotopic (exact) mass is 185 g/mol. The number of aliphatic hydroxyl groups is 1. The highest BCUT2D eigenvalue weighted by molar-refractivity contribution is 5.70. The van der Waals surface area contributed by atoms with Crippen molar-refractivity contribution in [2.45, 2.75) is 38.5 Å². The second-order valence-electron chi connectivity index (χ2n) is 3.80. The molecule has 0 radical (unpaired) electrons. The highest BCUT2D eigenvalue weighted by Gasteiger charge is 2.58. The van der Waals surface area contributed by atoms with E-state index in [1.54, 1.807) is 11.8 Å². The van der Waals surface area contributed by atoms with E-state index in [1.807, 2.05) is 6.92 Å². The van der Waals surface area contributed by atoms with Gasteiger partial charge in [-0.3, -0.25) is 4.90 Å². The first-order valence-corrected chi connectivity index (χ1v) is 4.80. The summed E-state index contributed by atoms with van der Waals surface area (Å²) in [6.07, 6.45) is 0.333. The van der Waals surface area contributed by atoms with E-state index in [9.17, 15) is 9.90 Å². The van der Waals surface area contributed by atoms with Crippen LogP contribution in [0.2, 0.25) is 0 Å². The zero-order chi connectivity index (χ0) is 9.59. The quantitative estimate of drug-likeness (QED) is 0.650. The summed E-state index contributed by atoms with van der Waals surface area (Å²) in [7, 11) is 0. The summed E-state index contributed by atoms with van der Waals surface area (Å²) >= 11 is 0. The first kappa shape index (κ1) is 8.81. The third-order valence-electron chi connectivity index (χ3n) is 3.24.